The minimum atomic E-state index is -0.712. The molecule has 6 heteroatoms. The fourth-order valence-corrected chi connectivity index (χ4v) is 4.55. The average molecular weight is 396 g/mol. The second-order valence-corrected chi connectivity index (χ2v) is 7.85. The average Bonchev–Trinajstić information content (AvgIpc) is 3.18. The van der Waals surface area contributed by atoms with Crippen LogP contribution < -0.4 is 5.32 Å². The van der Waals surface area contributed by atoms with Gasteiger partial charge in [-0.1, -0.05) is 22.4 Å². The zero-order chi connectivity index (χ0) is 17.3. The number of carbonyl (C=O) groups is 2. The highest BCUT2D eigenvalue weighted by Crippen LogP contribution is 2.49. The fraction of sp³-hybridized carbons (Fsp3) is 0.556. The summed E-state index contributed by atoms with van der Waals surface area (Å²) in [6.07, 6.45) is 5.09. The van der Waals surface area contributed by atoms with Crippen LogP contribution in [-0.2, 0) is 9.53 Å². The number of esters is 1. The van der Waals surface area contributed by atoms with Gasteiger partial charge in [0, 0.05) is 10.5 Å². The molecule has 2 fully saturated rings. The third-order valence-corrected chi connectivity index (χ3v) is 5.83. The molecule has 4 atom stereocenters. The lowest BCUT2D eigenvalue weighted by Crippen LogP contribution is -2.42. The lowest BCUT2D eigenvalue weighted by atomic mass is 9.84. The van der Waals surface area contributed by atoms with Crippen molar-refractivity contribution in [1.29, 1.82) is 0 Å². The molecule has 0 aromatic heterocycles. The maximum absolute atomic E-state index is 12.0. The number of rotatable bonds is 5. The first-order chi connectivity index (χ1) is 11.4. The number of fused-ring (bicyclic) bond motifs is 2. The Kier molecular flexibility index (Phi) is 5.13. The van der Waals surface area contributed by atoms with Gasteiger partial charge in [0.15, 0.2) is 6.61 Å². The zero-order valence-corrected chi connectivity index (χ0v) is 15.2. The van der Waals surface area contributed by atoms with Crippen molar-refractivity contribution < 1.29 is 19.4 Å². The smallest absolute Gasteiger partial charge is 0.342 e. The van der Waals surface area contributed by atoms with Crippen molar-refractivity contribution in [2.45, 2.75) is 38.6 Å². The molecule has 2 aliphatic carbocycles. The Bertz CT molecular complexity index is 648. The monoisotopic (exact) mass is 395 g/mol. The standard InChI is InChI=1S/C18H22BrNO4/c1-10(14-7-11-2-3-12(14)6-11)20-17(22)9-24-18(23)15-8-13(19)4-5-16(15)21/h4-5,8,10-12,14,21H,2-3,6-7,9H2,1H3,(H,20,22). The van der Waals surface area contributed by atoms with E-state index in [1.165, 1.54) is 37.8 Å². The molecule has 2 aliphatic rings. The van der Waals surface area contributed by atoms with Crippen LogP contribution in [0.1, 0.15) is 43.0 Å². The van der Waals surface area contributed by atoms with Gasteiger partial charge in [0.25, 0.3) is 5.91 Å². The predicted molar refractivity (Wildman–Crippen MR) is 92.6 cm³/mol. The van der Waals surface area contributed by atoms with Crippen LogP contribution in [0.4, 0.5) is 0 Å². The molecule has 0 aliphatic heterocycles. The Balaban J connectivity index is 1.48. The van der Waals surface area contributed by atoms with Crippen LogP contribution >= 0.6 is 15.9 Å². The summed E-state index contributed by atoms with van der Waals surface area (Å²) in [5.74, 6) is 0.921. The molecule has 0 spiro atoms. The third-order valence-electron chi connectivity index (χ3n) is 5.34. The molecule has 3 rings (SSSR count). The first-order valence-electron chi connectivity index (χ1n) is 8.39. The van der Waals surface area contributed by atoms with Crippen molar-refractivity contribution >= 4 is 27.8 Å². The Labute approximate surface area is 149 Å². The first-order valence-corrected chi connectivity index (χ1v) is 9.18. The van der Waals surface area contributed by atoms with Gasteiger partial charge in [0.2, 0.25) is 0 Å². The van der Waals surface area contributed by atoms with Crippen LogP contribution in [-0.4, -0.2) is 29.6 Å². The molecule has 1 aromatic rings. The number of nitrogens with one attached hydrogen (secondary N) is 1. The summed E-state index contributed by atoms with van der Waals surface area (Å²) in [5, 5.41) is 12.6. The number of phenolic OH excluding ortho intramolecular Hbond substituents is 1. The number of hydrogen-bond donors (Lipinski definition) is 2. The largest absolute Gasteiger partial charge is 0.507 e. The Morgan fingerprint density at radius 2 is 2.17 bits per heavy atom. The van der Waals surface area contributed by atoms with E-state index in [0.29, 0.717) is 10.4 Å². The van der Waals surface area contributed by atoms with Crippen molar-refractivity contribution in [3.63, 3.8) is 0 Å². The molecule has 1 aromatic carbocycles. The fourth-order valence-electron chi connectivity index (χ4n) is 4.19. The number of hydrogen-bond acceptors (Lipinski definition) is 4. The van der Waals surface area contributed by atoms with Crippen LogP contribution in [0.3, 0.4) is 0 Å². The van der Waals surface area contributed by atoms with E-state index in [1.54, 1.807) is 6.07 Å². The van der Waals surface area contributed by atoms with Gasteiger partial charge in [-0.15, -0.1) is 0 Å². The molecule has 24 heavy (non-hydrogen) atoms. The van der Waals surface area contributed by atoms with E-state index in [-0.39, 0.29) is 29.9 Å². The van der Waals surface area contributed by atoms with Gasteiger partial charge in [-0.05, 0) is 62.1 Å². The molecule has 4 unspecified atom stereocenters. The molecule has 0 radical (unpaired) electrons. The van der Waals surface area contributed by atoms with Crippen LogP contribution in [0.25, 0.3) is 0 Å². The van der Waals surface area contributed by atoms with E-state index < -0.39 is 5.97 Å². The molecule has 0 saturated heterocycles. The van der Waals surface area contributed by atoms with Gasteiger partial charge in [-0.25, -0.2) is 4.79 Å². The molecule has 2 saturated carbocycles. The van der Waals surface area contributed by atoms with Gasteiger partial charge in [-0.2, -0.15) is 0 Å². The molecule has 2 N–H and O–H groups in total. The van der Waals surface area contributed by atoms with Crippen molar-refractivity contribution in [2.75, 3.05) is 6.61 Å². The highest BCUT2D eigenvalue weighted by molar-refractivity contribution is 9.10. The van der Waals surface area contributed by atoms with Gasteiger partial charge >= 0.3 is 5.97 Å². The molecule has 2 bridgehead atoms. The number of halogens is 1. The van der Waals surface area contributed by atoms with E-state index in [0.717, 1.165) is 11.8 Å². The van der Waals surface area contributed by atoms with Gasteiger partial charge in [-0.3, -0.25) is 4.79 Å². The lowest BCUT2D eigenvalue weighted by molar-refractivity contribution is -0.125. The highest BCUT2D eigenvalue weighted by atomic mass is 79.9. The van der Waals surface area contributed by atoms with E-state index in [2.05, 4.69) is 21.2 Å². The van der Waals surface area contributed by atoms with Crippen molar-refractivity contribution in [2.24, 2.45) is 17.8 Å². The summed E-state index contributed by atoms with van der Waals surface area (Å²) < 4.78 is 5.67. The quantitative estimate of drug-likeness (QED) is 0.750. The van der Waals surface area contributed by atoms with Crippen LogP contribution in [0.5, 0.6) is 5.75 Å². The highest BCUT2D eigenvalue weighted by Gasteiger charge is 2.42. The second kappa shape index (κ2) is 7.13. The van der Waals surface area contributed by atoms with E-state index in [1.807, 2.05) is 6.92 Å². The number of aromatic hydroxyl groups is 1. The normalized spacial score (nSPS) is 26.2. The SMILES string of the molecule is CC(NC(=O)COC(=O)c1cc(Br)ccc1O)C1CC2CCC1C2. The van der Waals surface area contributed by atoms with E-state index in [9.17, 15) is 14.7 Å². The number of benzene rings is 1. The summed E-state index contributed by atoms with van der Waals surface area (Å²) >= 11 is 3.23. The number of phenols is 1. The Hall–Kier alpha value is -1.56. The summed E-state index contributed by atoms with van der Waals surface area (Å²) in [4.78, 5) is 24.0. The zero-order valence-electron chi connectivity index (χ0n) is 13.6. The maximum Gasteiger partial charge on any atom is 0.342 e. The van der Waals surface area contributed by atoms with Crippen LogP contribution in [0.15, 0.2) is 22.7 Å². The summed E-state index contributed by atoms with van der Waals surface area (Å²) in [5.41, 5.74) is 0.0401. The van der Waals surface area contributed by atoms with Crippen molar-refractivity contribution in [3.8, 4) is 5.75 Å². The third kappa shape index (κ3) is 3.74. The van der Waals surface area contributed by atoms with Gasteiger partial charge in [0.1, 0.15) is 11.3 Å². The van der Waals surface area contributed by atoms with Crippen molar-refractivity contribution in [3.05, 3.63) is 28.2 Å². The lowest BCUT2D eigenvalue weighted by Gasteiger charge is -2.28. The topological polar surface area (TPSA) is 75.6 Å². The van der Waals surface area contributed by atoms with Crippen LogP contribution in [0.2, 0.25) is 0 Å². The number of ether oxygens (including phenoxy) is 1. The Morgan fingerprint density at radius 3 is 2.83 bits per heavy atom. The van der Waals surface area contributed by atoms with Crippen molar-refractivity contribution in [1.82, 2.24) is 5.32 Å². The minimum Gasteiger partial charge on any atom is -0.507 e. The molecular formula is C18H22BrNO4. The second-order valence-electron chi connectivity index (χ2n) is 6.93. The van der Waals surface area contributed by atoms with Crippen LogP contribution in [0, 0.1) is 17.8 Å². The molecule has 5 nitrogen and oxygen atoms in total. The summed E-state index contributed by atoms with van der Waals surface area (Å²) in [6, 6.07) is 4.59. The molecule has 0 heterocycles. The van der Waals surface area contributed by atoms with Gasteiger partial charge in [0.05, 0.1) is 0 Å². The molecular weight excluding hydrogens is 374 g/mol. The van der Waals surface area contributed by atoms with Gasteiger partial charge < -0.3 is 15.2 Å². The number of amides is 1. The summed E-state index contributed by atoms with van der Waals surface area (Å²) in [6.45, 7) is 1.70. The first kappa shape index (κ1) is 17.3. The van der Waals surface area contributed by atoms with E-state index in [4.69, 9.17) is 4.74 Å². The maximum atomic E-state index is 12.0. The summed E-state index contributed by atoms with van der Waals surface area (Å²) in [7, 11) is 0. The Morgan fingerprint density at radius 1 is 1.38 bits per heavy atom. The number of carbonyl (C=O) groups excluding carboxylic acids is 2. The molecule has 1 amide bonds. The minimum absolute atomic E-state index is 0.0401. The van der Waals surface area contributed by atoms with E-state index >= 15 is 0 Å². The molecule has 130 valence electrons. The predicted octanol–water partition coefficient (Wildman–Crippen LogP) is 3.25.